The molecule has 0 saturated carbocycles. The molecule has 0 aliphatic carbocycles. The highest BCUT2D eigenvalue weighted by atomic mass is 32.2. The van der Waals surface area contributed by atoms with Crippen LogP contribution in [0.15, 0.2) is 112 Å². The highest BCUT2D eigenvalue weighted by molar-refractivity contribution is 7.90. The molecule has 188 valence electrons. The highest BCUT2D eigenvalue weighted by Gasteiger charge is 2.25. The van der Waals surface area contributed by atoms with Crippen LogP contribution in [0, 0.1) is 0 Å². The topological polar surface area (TPSA) is 97.8 Å². The Balaban J connectivity index is 1.60. The van der Waals surface area contributed by atoms with E-state index in [0.29, 0.717) is 22.5 Å². The van der Waals surface area contributed by atoms with Crippen molar-refractivity contribution in [3.8, 4) is 11.3 Å². The first kappa shape index (κ1) is 23.9. The lowest BCUT2D eigenvalue weighted by atomic mass is 10.0. The van der Waals surface area contributed by atoms with Crippen molar-refractivity contribution in [1.29, 1.82) is 0 Å². The van der Waals surface area contributed by atoms with Gasteiger partial charge < -0.3 is 4.55 Å². The summed E-state index contributed by atoms with van der Waals surface area (Å²) in [6, 6.07) is 26.7. The van der Waals surface area contributed by atoms with Gasteiger partial charge in [0.2, 0.25) is 0 Å². The number of aromatic nitrogens is 5. The number of hydrogen-bond donors (Lipinski definition) is 0. The molecule has 0 fully saturated rings. The van der Waals surface area contributed by atoms with E-state index >= 15 is 0 Å². The zero-order chi connectivity index (χ0) is 26.2. The fourth-order valence-corrected chi connectivity index (χ4v) is 5.83. The third-order valence-electron chi connectivity index (χ3n) is 6.63. The summed E-state index contributed by atoms with van der Waals surface area (Å²) < 4.78 is 17.4. The quantitative estimate of drug-likeness (QED) is 0.310. The Hall–Kier alpha value is -4.47. The summed E-state index contributed by atoms with van der Waals surface area (Å²) in [5, 5.41) is 7.28. The first-order valence-corrected chi connectivity index (χ1v) is 13.4. The van der Waals surface area contributed by atoms with Crippen LogP contribution in [0.4, 0.5) is 0 Å². The zero-order valence-corrected chi connectivity index (χ0v) is 21.3. The smallest absolute Gasteiger partial charge is 0.336 e. The van der Waals surface area contributed by atoms with E-state index in [1.165, 1.54) is 11.6 Å². The van der Waals surface area contributed by atoms with E-state index < -0.39 is 22.4 Å². The molecule has 0 bridgehead atoms. The van der Waals surface area contributed by atoms with E-state index in [0.717, 1.165) is 26.5 Å². The number of pyridine rings is 1. The summed E-state index contributed by atoms with van der Waals surface area (Å²) >= 11 is -1.53. The van der Waals surface area contributed by atoms with Crippen molar-refractivity contribution in [2.75, 3.05) is 0 Å². The summed E-state index contributed by atoms with van der Waals surface area (Å²) in [4.78, 5) is 31.5. The number of fused-ring (bicyclic) bond motifs is 2. The molecule has 8 nitrogen and oxygen atoms in total. The van der Waals surface area contributed by atoms with E-state index in [1.54, 1.807) is 41.3 Å². The third-order valence-corrected chi connectivity index (χ3v) is 7.92. The zero-order valence-electron chi connectivity index (χ0n) is 20.5. The molecule has 3 aromatic carbocycles. The molecule has 0 radical (unpaired) electrons. The van der Waals surface area contributed by atoms with Gasteiger partial charge in [0.1, 0.15) is 5.39 Å². The minimum Gasteiger partial charge on any atom is -0.610 e. The maximum atomic E-state index is 13.5. The van der Waals surface area contributed by atoms with Crippen LogP contribution < -0.4 is 11.2 Å². The van der Waals surface area contributed by atoms with Gasteiger partial charge in [-0.15, -0.1) is 0 Å². The fraction of sp³-hybridized carbons (Fsp3) is 0.103. The monoisotopic (exact) mass is 521 g/mol. The highest BCUT2D eigenvalue weighted by Crippen LogP contribution is 2.28. The Labute approximate surface area is 220 Å². The van der Waals surface area contributed by atoms with Gasteiger partial charge in [-0.05, 0) is 40.6 Å². The molecule has 6 aromatic rings. The van der Waals surface area contributed by atoms with E-state index in [-0.39, 0.29) is 11.5 Å². The average Bonchev–Trinajstić information content (AvgIpc) is 3.34. The van der Waals surface area contributed by atoms with Gasteiger partial charge in [0, 0.05) is 36.2 Å². The van der Waals surface area contributed by atoms with Crippen LogP contribution in [-0.2, 0) is 30.6 Å². The summed E-state index contributed by atoms with van der Waals surface area (Å²) in [6.45, 7) is 0.368. The second-order valence-corrected chi connectivity index (χ2v) is 10.4. The van der Waals surface area contributed by atoms with Gasteiger partial charge >= 0.3 is 5.69 Å². The molecule has 9 heteroatoms. The largest absolute Gasteiger partial charge is 0.610 e. The van der Waals surface area contributed by atoms with Crippen LogP contribution in [0.2, 0.25) is 0 Å². The molecular formula is C29H23N5O3S. The molecule has 1 atom stereocenters. The SMILES string of the molecule is Cn1c(=O)c2c(-c3ccncc3)n(Cc3cccc4ccccc34)nc2n(C[S+]([O-])c2ccccc2)c1=O. The van der Waals surface area contributed by atoms with Crippen molar-refractivity contribution >= 4 is 33.0 Å². The second kappa shape index (κ2) is 9.77. The van der Waals surface area contributed by atoms with Crippen LogP contribution in [0.25, 0.3) is 33.1 Å². The van der Waals surface area contributed by atoms with E-state index in [1.807, 2.05) is 42.5 Å². The molecule has 1 unspecified atom stereocenters. The Morgan fingerprint density at radius 1 is 0.868 bits per heavy atom. The van der Waals surface area contributed by atoms with E-state index in [2.05, 4.69) is 23.2 Å². The minimum atomic E-state index is -1.53. The van der Waals surface area contributed by atoms with Gasteiger partial charge in [-0.3, -0.25) is 19.0 Å². The van der Waals surface area contributed by atoms with Crippen LogP contribution in [0.1, 0.15) is 5.56 Å². The van der Waals surface area contributed by atoms with Crippen LogP contribution in [-0.4, -0.2) is 28.5 Å². The summed E-state index contributed by atoms with van der Waals surface area (Å²) in [5.74, 6) is -0.130. The lowest BCUT2D eigenvalue weighted by molar-refractivity contribution is 0.576. The number of nitrogens with zero attached hydrogens (tertiary/aromatic N) is 5. The molecular weight excluding hydrogens is 498 g/mol. The third kappa shape index (κ3) is 4.11. The average molecular weight is 522 g/mol. The molecule has 0 saturated heterocycles. The molecule has 0 spiro atoms. The predicted molar refractivity (Wildman–Crippen MR) is 148 cm³/mol. The van der Waals surface area contributed by atoms with Crippen LogP contribution in [0.5, 0.6) is 0 Å². The fourth-order valence-electron chi connectivity index (χ4n) is 4.75. The van der Waals surface area contributed by atoms with Crippen molar-refractivity contribution in [3.05, 3.63) is 124 Å². The van der Waals surface area contributed by atoms with Crippen molar-refractivity contribution < 1.29 is 4.55 Å². The molecule has 38 heavy (non-hydrogen) atoms. The van der Waals surface area contributed by atoms with Gasteiger partial charge in [-0.2, -0.15) is 5.10 Å². The Morgan fingerprint density at radius 3 is 2.37 bits per heavy atom. The lowest BCUT2D eigenvalue weighted by Crippen LogP contribution is -2.39. The summed E-state index contributed by atoms with van der Waals surface area (Å²) in [7, 11) is 1.43. The van der Waals surface area contributed by atoms with Crippen LogP contribution >= 0.6 is 0 Å². The predicted octanol–water partition coefficient (Wildman–Crippen LogP) is 3.93. The maximum Gasteiger partial charge on any atom is 0.336 e. The first-order chi connectivity index (χ1) is 18.5. The van der Waals surface area contributed by atoms with Gasteiger partial charge in [0.15, 0.2) is 16.4 Å². The van der Waals surface area contributed by atoms with Crippen LogP contribution in [0.3, 0.4) is 0 Å². The minimum absolute atomic E-state index is 0.130. The lowest BCUT2D eigenvalue weighted by Gasteiger charge is -2.13. The second-order valence-electron chi connectivity index (χ2n) is 8.94. The van der Waals surface area contributed by atoms with Crippen molar-refractivity contribution in [1.82, 2.24) is 23.9 Å². The molecule has 3 heterocycles. The summed E-state index contributed by atoms with van der Waals surface area (Å²) in [5.41, 5.74) is 1.52. The molecule has 0 aliphatic rings. The van der Waals surface area contributed by atoms with Crippen molar-refractivity contribution in [2.45, 2.75) is 17.3 Å². The van der Waals surface area contributed by atoms with Gasteiger partial charge in [0.25, 0.3) is 5.56 Å². The Kier molecular flexibility index (Phi) is 6.15. The van der Waals surface area contributed by atoms with E-state index in [9.17, 15) is 14.1 Å². The van der Waals surface area contributed by atoms with Crippen molar-refractivity contribution in [2.24, 2.45) is 7.05 Å². The van der Waals surface area contributed by atoms with E-state index in [4.69, 9.17) is 5.10 Å². The normalized spacial score (nSPS) is 12.3. The first-order valence-electron chi connectivity index (χ1n) is 12.0. The number of rotatable bonds is 6. The summed E-state index contributed by atoms with van der Waals surface area (Å²) in [6.07, 6.45) is 3.31. The Morgan fingerprint density at radius 2 is 1.58 bits per heavy atom. The van der Waals surface area contributed by atoms with Gasteiger partial charge in [-0.25, -0.2) is 9.36 Å². The molecule has 3 aromatic heterocycles. The van der Waals surface area contributed by atoms with Gasteiger partial charge in [-0.1, -0.05) is 60.7 Å². The molecule has 0 amide bonds. The molecule has 0 N–H and O–H groups in total. The Bertz CT molecular complexity index is 1890. The van der Waals surface area contributed by atoms with Gasteiger partial charge in [0.05, 0.1) is 12.2 Å². The maximum absolute atomic E-state index is 13.5. The molecule has 0 aliphatic heterocycles. The molecule has 6 rings (SSSR count). The number of hydrogen-bond acceptors (Lipinski definition) is 5. The number of benzene rings is 3. The van der Waals surface area contributed by atoms with Crippen molar-refractivity contribution in [3.63, 3.8) is 0 Å². The standard InChI is InChI=1S/C29H23N5O3S/c1-32-28(35)25-26(21-14-16-30-17-15-21)34(18-22-10-7-9-20-8-5-6-13-24(20)22)31-27(25)33(29(32)36)19-38(37)23-11-3-2-4-12-23/h2-17H,18-19H2,1H3.